The van der Waals surface area contributed by atoms with E-state index in [2.05, 4.69) is 0 Å². The van der Waals surface area contributed by atoms with Crippen molar-refractivity contribution in [3.8, 4) is 5.75 Å². The van der Waals surface area contributed by atoms with E-state index in [1.54, 1.807) is 0 Å². The number of benzene rings is 1. The van der Waals surface area contributed by atoms with Crippen molar-refractivity contribution in [2.24, 2.45) is 0 Å². The molecule has 0 spiro atoms. The number of hydrogen-bond donors (Lipinski definition) is 1. The molecule has 1 atom stereocenters. The molecule has 3 nitrogen and oxygen atoms in total. The van der Waals surface area contributed by atoms with Gasteiger partial charge in [0.2, 0.25) is 0 Å². The third-order valence-corrected chi connectivity index (χ3v) is 2.35. The van der Waals surface area contributed by atoms with E-state index < -0.39 is 5.97 Å². The maximum Gasteiger partial charge on any atom is 0.303 e. The summed E-state index contributed by atoms with van der Waals surface area (Å²) in [5, 5.41) is 8.73. The largest absolute Gasteiger partial charge is 0.488 e. The molecule has 0 amide bonds. The van der Waals surface area contributed by atoms with Gasteiger partial charge in [-0.1, -0.05) is 19.1 Å². The minimum atomic E-state index is -0.771. The van der Waals surface area contributed by atoms with Crippen LogP contribution in [0, 0.1) is 0 Å². The molecule has 0 aliphatic carbocycles. The van der Waals surface area contributed by atoms with Crippen LogP contribution in [0.3, 0.4) is 0 Å². The number of carboxylic acid groups (broad SMARTS) is 1. The fraction of sp³-hybridized carbons (Fsp3) is 0.500. The molecule has 0 radical (unpaired) electrons. The van der Waals surface area contributed by atoms with Gasteiger partial charge >= 0.3 is 5.97 Å². The highest BCUT2D eigenvalue weighted by Crippen LogP contribution is 2.23. The minimum Gasteiger partial charge on any atom is -0.488 e. The molecule has 0 aliphatic heterocycles. The zero-order valence-corrected chi connectivity index (χ0v) is 10.9. The Morgan fingerprint density at radius 1 is 1.29 bits per heavy atom. The second kappa shape index (κ2) is 5.21. The van der Waals surface area contributed by atoms with Gasteiger partial charge in [0.1, 0.15) is 11.4 Å². The summed E-state index contributed by atoms with van der Waals surface area (Å²) in [4.78, 5) is 10.6. The smallest absolute Gasteiger partial charge is 0.303 e. The molecular formula is C14H20O3. The van der Waals surface area contributed by atoms with E-state index in [0.29, 0.717) is 0 Å². The second-order valence-electron chi connectivity index (χ2n) is 5.28. The van der Waals surface area contributed by atoms with Gasteiger partial charge in [-0.15, -0.1) is 0 Å². The molecule has 17 heavy (non-hydrogen) atoms. The average Bonchev–Trinajstić information content (AvgIpc) is 2.15. The molecule has 3 heteroatoms. The van der Waals surface area contributed by atoms with Crippen molar-refractivity contribution in [1.29, 1.82) is 0 Å². The molecule has 0 heterocycles. The maximum absolute atomic E-state index is 10.6. The van der Waals surface area contributed by atoms with Gasteiger partial charge in [-0.05, 0) is 44.4 Å². The molecule has 1 aromatic carbocycles. The summed E-state index contributed by atoms with van der Waals surface area (Å²) in [5.74, 6) is 0.0625. The fourth-order valence-electron chi connectivity index (χ4n) is 1.60. The molecule has 1 N–H and O–H groups in total. The molecule has 1 unspecified atom stereocenters. The van der Waals surface area contributed by atoms with E-state index in [0.717, 1.165) is 11.3 Å². The Bertz CT molecular complexity index is 373. The van der Waals surface area contributed by atoms with Crippen molar-refractivity contribution in [3.05, 3.63) is 29.8 Å². The summed E-state index contributed by atoms with van der Waals surface area (Å²) in [5.41, 5.74) is 0.808. The van der Waals surface area contributed by atoms with Crippen molar-refractivity contribution in [1.82, 2.24) is 0 Å². The van der Waals surface area contributed by atoms with E-state index in [1.807, 2.05) is 52.0 Å². The van der Waals surface area contributed by atoms with Crippen LogP contribution >= 0.6 is 0 Å². The van der Waals surface area contributed by atoms with Crippen molar-refractivity contribution in [2.45, 2.75) is 45.6 Å². The van der Waals surface area contributed by atoms with Gasteiger partial charge < -0.3 is 9.84 Å². The van der Waals surface area contributed by atoms with Crippen LogP contribution in [-0.4, -0.2) is 16.7 Å². The van der Waals surface area contributed by atoms with Crippen LogP contribution < -0.4 is 4.74 Å². The lowest BCUT2D eigenvalue weighted by atomic mass is 9.98. The first-order valence-electron chi connectivity index (χ1n) is 5.79. The van der Waals surface area contributed by atoms with Crippen molar-refractivity contribution >= 4 is 5.97 Å². The molecule has 0 aliphatic rings. The Balaban J connectivity index is 2.71. The predicted molar refractivity (Wildman–Crippen MR) is 67.5 cm³/mol. The Labute approximate surface area is 102 Å². The first kappa shape index (κ1) is 13.6. The van der Waals surface area contributed by atoms with Crippen LogP contribution in [0.25, 0.3) is 0 Å². The Hall–Kier alpha value is -1.51. The minimum absolute atomic E-state index is 0.0242. The lowest BCUT2D eigenvalue weighted by Gasteiger charge is -2.21. The standard InChI is InChI=1S/C14H20O3/c1-10(9-13(15)16)11-5-7-12(8-6-11)17-14(2,3)4/h5-8,10H,9H2,1-4H3,(H,15,16). The van der Waals surface area contributed by atoms with Crippen LogP contribution in [0.4, 0.5) is 0 Å². The van der Waals surface area contributed by atoms with Crippen molar-refractivity contribution < 1.29 is 14.6 Å². The molecule has 0 fully saturated rings. The summed E-state index contributed by atoms with van der Waals surface area (Å²) < 4.78 is 5.70. The van der Waals surface area contributed by atoms with Crippen LogP contribution in [0.15, 0.2) is 24.3 Å². The summed E-state index contributed by atoms with van der Waals surface area (Å²) in [6, 6.07) is 7.63. The van der Waals surface area contributed by atoms with E-state index >= 15 is 0 Å². The van der Waals surface area contributed by atoms with Gasteiger partial charge in [-0.25, -0.2) is 0 Å². The number of hydrogen-bond acceptors (Lipinski definition) is 2. The monoisotopic (exact) mass is 236 g/mol. The second-order valence-corrected chi connectivity index (χ2v) is 5.28. The average molecular weight is 236 g/mol. The van der Waals surface area contributed by atoms with Crippen LogP contribution in [0.2, 0.25) is 0 Å². The van der Waals surface area contributed by atoms with E-state index in [1.165, 1.54) is 0 Å². The molecule has 0 saturated heterocycles. The summed E-state index contributed by atoms with van der Waals surface area (Å²) in [6.07, 6.45) is 0.152. The first-order chi connectivity index (χ1) is 7.78. The lowest BCUT2D eigenvalue weighted by Crippen LogP contribution is -2.22. The van der Waals surface area contributed by atoms with Gasteiger partial charge in [0.25, 0.3) is 0 Å². The summed E-state index contributed by atoms with van der Waals surface area (Å²) in [6.45, 7) is 7.89. The molecule has 0 saturated carbocycles. The Morgan fingerprint density at radius 3 is 2.24 bits per heavy atom. The van der Waals surface area contributed by atoms with Crippen molar-refractivity contribution in [3.63, 3.8) is 0 Å². The number of carbonyl (C=O) groups is 1. The third-order valence-electron chi connectivity index (χ3n) is 2.35. The van der Waals surface area contributed by atoms with Gasteiger partial charge in [0, 0.05) is 0 Å². The number of aliphatic carboxylic acids is 1. The lowest BCUT2D eigenvalue weighted by molar-refractivity contribution is -0.137. The molecule has 0 aromatic heterocycles. The van der Waals surface area contributed by atoms with Gasteiger partial charge in [0.05, 0.1) is 6.42 Å². The fourth-order valence-corrected chi connectivity index (χ4v) is 1.60. The Morgan fingerprint density at radius 2 is 1.82 bits per heavy atom. The topological polar surface area (TPSA) is 46.5 Å². The molecule has 0 bridgehead atoms. The van der Waals surface area contributed by atoms with E-state index in [4.69, 9.17) is 9.84 Å². The van der Waals surface area contributed by atoms with Gasteiger partial charge in [-0.2, -0.15) is 0 Å². The van der Waals surface area contributed by atoms with Crippen molar-refractivity contribution in [2.75, 3.05) is 0 Å². The van der Waals surface area contributed by atoms with Gasteiger partial charge in [-0.3, -0.25) is 4.79 Å². The normalized spacial score (nSPS) is 13.2. The SMILES string of the molecule is CC(CC(=O)O)c1ccc(OC(C)(C)C)cc1. The number of carboxylic acids is 1. The molecule has 94 valence electrons. The molecule has 1 aromatic rings. The highest BCUT2D eigenvalue weighted by molar-refractivity contribution is 5.67. The number of rotatable bonds is 4. The van der Waals surface area contributed by atoms with E-state index in [9.17, 15) is 4.79 Å². The zero-order chi connectivity index (χ0) is 13.1. The van der Waals surface area contributed by atoms with Gasteiger partial charge in [0.15, 0.2) is 0 Å². The summed E-state index contributed by atoms with van der Waals surface area (Å²) in [7, 11) is 0. The highest BCUT2D eigenvalue weighted by atomic mass is 16.5. The maximum atomic E-state index is 10.6. The van der Waals surface area contributed by atoms with Crippen LogP contribution in [-0.2, 0) is 4.79 Å². The first-order valence-corrected chi connectivity index (χ1v) is 5.79. The highest BCUT2D eigenvalue weighted by Gasteiger charge is 2.13. The van der Waals surface area contributed by atoms with E-state index in [-0.39, 0.29) is 17.9 Å². The Kier molecular flexibility index (Phi) is 4.16. The van der Waals surface area contributed by atoms with Crippen LogP contribution in [0.1, 0.15) is 45.6 Å². The summed E-state index contributed by atoms with van der Waals surface area (Å²) >= 11 is 0. The van der Waals surface area contributed by atoms with Crippen LogP contribution in [0.5, 0.6) is 5.75 Å². The number of ether oxygens (including phenoxy) is 1. The quantitative estimate of drug-likeness (QED) is 0.871. The molecular weight excluding hydrogens is 216 g/mol. The zero-order valence-electron chi connectivity index (χ0n) is 10.9. The predicted octanol–water partition coefficient (Wildman–Crippen LogP) is 3.44. The molecule has 1 rings (SSSR count). The third kappa shape index (κ3) is 4.89.